The van der Waals surface area contributed by atoms with Crippen molar-refractivity contribution in [2.45, 2.75) is 66.7 Å². The van der Waals surface area contributed by atoms with Crippen LogP contribution in [0.5, 0.6) is 0 Å². The molecule has 5 nitrogen and oxygen atoms in total. The molecule has 5 rings (SSSR count). The third kappa shape index (κ3) is 8.70. The molecular weight excluding hydrogens is 456 g/mol. The zero-order chi connectivity index (χ0) is 26.8. The van der Waals surface area contributed by atoms with Crippen molar-refractivity contribution in [1.82, 2.24) is 15.3 Å². The number of aryl methyl sites for hydroxylation is 2. The lowest BCUT2D eigenvalue weighted by Crippen LogP contribution is -2.29. The number of carbonyl (C=O) groups is 1. The van der Waals surface area contributed by atoms with Crippen molar-refractivity contribution in [2.75, 3.05) is 24.5 Å². The first kappa shape index (κ1) is 28.4. The maximum Gasteiger partial charge on any atom is 0.216 e. The van der Waals surface area contributed by atoms with Crippen molar-refractivity contribution in [3.8, 4) is 11.4 Å². The van der Waals surface area contributed by atoms with Gasteiger partial charge >= 0.3 is 0 Å². The highest BCUT2D eigenvalue weighted by molar-refractivity contribution is 5.91. The molecule has 3 aromatic rings. The molecule has 2 fully saturated rings. The van der Waals surface area contributed by atoms with Crippen LogP contribution < -0.4 is 10.2 Å². The van der Waals surface area contributed by atoms with Crippen LogP contribution in [0.3, 0.4) is 0 Å². The minimum atomic E-state index is 0.0308. The van der Waals surface area contributed by atoms with Crippen molar-refractivity contribution >= 4 is 22.6 Å². The molecule has 0 spiro atoms. The lowest BCUT2D eigenvalue weighted by Gasteiger charge is -2.21. The Morgan fingerprint density at radius 2 is 1.86 bits per heavy atom. The third-order valence-corrected chi connectivity index (χ3v) is 6.80. The Bertz CT molecular complexity index is 1180. The van der Waals surface area contributed by atoms with Crippen molar-refractivity contribution in [3.63, 3.8) is 0 Å². The molecule has 2 heterocycles. The second-order valence-electron chi connectivity index (χ2n) is 10.5. The molecule has 0 radical (unpaired) electrons. The highest BCUT2D eigenvalue weighted by Crippen LogP contribution is 2.32. The first-order valence-corrected chi connectivity index (χ1v) is 13.8. The summed E-state index contributed by atoms with van der Waals surface area (Å²) < 4.78 is 0. The number of anilines is 1. The molecule has 1 aromatic heterocycles. The summed E-state index contributed by atoms with van der Waals surface area (Å²) in [5.74, 6) is 3.33. The van der Waals surface area contributed by atoms with E-state index >= 15 is 0 Å². The Hall–Kier alpha value is -3.21. The molecule has 1 N–H and O–H groups in total. The number of hydrogen-bond donors (Lipinski definition) is 1. The highest BCUT2D eigenvalue weighted by Gasteiger charge is 2.26. The number of nitrogens with zero attached hydrogens (tertiary/aromatic N) is 3. The normalized spacial score (nSPS) is 16.4. The molecule has 1 atom stereocenters. The molecule has 5 heteroatoms. The molecule has 1 unspecified atom stereocenters. The quantitative estimate of drug-likeness (QED) is 0.362. The Morgan fingerprint density at radius 3 is 2.46 bits per heavy atom. The number of aromatic nitrogens is 2. The summed E-state index contributed by atoms with van der Waals surface area (Å²) in [6.07, 6.45) is 8.33. The van der Waals surface area contributed by atoms with Gasteiger partial charge in [0.15, 0.2) is 5.82 Å². The first-order chi connectivity index (χ1) is 17.8. The van der Waals surface area contributed by atoms with Crippen LogP contribution in [0, 0.1) is 25.7 Å². The van der Waals surface area contributed by atoms with Crippen LogP contribution in [0.15, 0.2) is 55.1 Å². The Labute approximate surface area is 223 Å². The van der Waals surface area contributed by atoms with Crippen molar-refractivity contribution in [3.05, 3.63) is 66.2 Å². The van der Waals surface area contributed by atoms with Crippen LogP contribution in [0.4, 0.5) is 5.82 Å². The Kier molecular flexibility index (Phi) is 10.7. The van der Waals surface area contributed by atoms with E-state index in [1.165, 1.54) is 30.4 Å². The third-order valence-electron chi connectivity index (χ3n) is 6.80. The van der Waals surface area contributed by atoms with E-state index in [0.29, 0.717) is 5.92 Å². The summed E-state index contributed by atoms with van der Waals surface area (Å²) in [6, 6.07) is 14.6. The van der Waals surface area contributed by atoms with Gasteiger partial charge in [-0.25, -0.2) is 9.97 Å². The number of fused-ring (bicyclic) bond motifs is 1. The molecule has 37 heavy (non-hydrogen) atoms. The van der Waals surface area contributed by atoms with E-state index in [1.54, 1.807) is 6.92 Å². The fourth-order valence-corrected chi connectivity index (χ4v) is 4.26. The summed E-state index contributed by atoms with van der Waals surface area (Å²) in [4.78, 5) is 23.5. The van der Waals surface area contributed by atoms with Gasteiger partial charge in [0, 0.05) is 37.5 Å². The van der Waals surface area contributed by atoms with Gasteiger partial charge in [-0.2, -0.15) is 0 Å². The van der Waals surface area contributed by atoms with E-state index in [9.17, 15) is 4.79 Å². The van der Waals surface area contributed by atoms with Gasteiger partial charge in [-0.3, -0.25) is 4.79 Å². The molecule has 1 aliphatic heterocycles. The molecule has 198 valence electrons. The van der Waals surface area contributed by atoms with Gasteiger partial charge in [0.25, 0.3) is 0 Å². The maximum absolute atomic E-state index is 11.2. The lowest BCUT2D eigenvalue weighted by molar-refractivity contribution is -0.119. The maximum atomic E-state index is 11.2. The van der Waals surface area contributed by atoms with Gasteiger partial charge in [0.2, 0.25) is 5.91 Å². The van der Waals surface area contributed by atoms with Crippen LogP contribution in [0.2, 0.25) is 0 Å². The number of unbranched alkanes of at least 4 members (excludes halogenated alkanes) is 1. The number of carbonyl (C=O) groups excluding carboxylic acids is 1. The molecule has 1 saturated heterocycles. The van der Waals surface area contributed by atoms with E-state index in [2.05, 4.69) is 74.8 Å². The van der Waals surface area contributed by atoms with Crippen LogP contribution in [-0.2, 0) is 4.79 Å². The number of allylic oxidation sites excluding steroid dienone is 1. The fourth-order valence-electron chi connectivity index (χ4n) is 4.26. The standard InChI is InChI=1S/C23H26N4O.C5H10.C4H8/c1-15-8-9-20-21(12-15)25-22(19-7-5-4-6-16(19)2)26-23(20)27-11-10-18(14-27)13-24-17(3)28;1-3-5-4-2;1-4-2-3-4/h4-9,12,18H,10-11,13-14H2,1-3H3,(H,24,28);3H,1,4-5H2,2H3;4H,2-3H2,1H3. The van der Waals surface area contributed by atoms with Gasteiger partial charge in [-0.05, 0) is 61.8 Å². The molecule has 1 amide bonds. The summed E-state index contributed by atoms with van der Waals surface area (Å²) in [6.45, 7) is 16.3. The smallest absolute Gasteiger partial charge is 0.216 e. The minimum Gasteiger partial charge on any atom is -0.356 e. The molecular formula is C32H44N4O. The van der Waals surface area contributed by atoms with Crippen molar-refractivity contribution in [1.29, 1.82) is 0 Å². The van der Waals surface area contributed by atoms with Gasteiger partial charge < -0.3 is 10.2 Å². The minimum absolute atomic E-state index is 0.0308. The average molecular weight is 501 g/mol. The monoisotopic (exact) mass is 500 g/mol. The molecule has 1 aliphatic carbocycles. The Balaban J connectivity index is 0.000000360. The number of benzene rings is 2. The number of rotatable bonds is 6. The largest absolute Gasteiger partial charge is 0.356 e. The van der Waals surface area contributed by atoms with E-state index in [1.807, 2.05) is 18.2 Å². The van der Waals surface area contributed by atoms with Crippen LogP contribution in [-0.4, -0.2) is 35.5 Å². The van der Waals surface area contributed by atoms with Gasteiger partial charge in [0.05, 0.1) is 5.52 Å². The van der Waals surface area contributed by atoms with Crippen molar-refractivity contribution < 1.29 is 4.79 Å². The second-order valence-corrected chi connectivity index (χ2v) is 10.5. The highest BCUT2D eigenvalue weighted by atomic mass is 16.1. The zero-order valence-corrected chi connectivity index (χ0v) is 23.4. The summed E-state index contributed by atoms with van der Waals surface area (Å²) >= 11 is 0. The van der Waals surface area contributed by atoms with E-state index in [4.69, 9.17) is 9.97 Å². The fraction of sp³-hybridized carbons (Fsp3) is 0.469. The molecule has 0 bridgehead atoms. The van der Waals surface area contributed by atoms with Crippen LogP contribution in [0.1, 0.15) is 64.0 Å². The lowest BCUT2D eigenvalue weighted by atomic mass is 10.1. The molecule has 1 saturated carbocycles. The molecule has 2 aliphatic rings. The average Bonchev–Trinajstić information content (AvgIpc) is 3.51. The first-order valence-electron chi connectivity index (χ1n) is 13.8. The predicted molar refractivity (Wildman–Crippen MR) is 157 cm³/mol. The van der Waals surface area contributed by atoms with Crippen molar-refractivity contribution in [2.24, 2.45) is 11.8 Å². The second kappa shape index (κ2) is 13.9. The van der Waals surface area contributed by atoms with E-state index in [0.717, 1.165) is 66.5 Å². The Morgan fingerprint density at radius 1 is 1.14 bits per heavy atom. The number of amides is 1. The van der Waals surface area contributed by atoms with Gasteiger partial charge in [-0.1, -0.05) is 69.5 Å². The SMILES string of the molecule is C=CCCC.CC(=O)NCC1CCN(c2nc(-c3ccccc3C)nc3cc(C)ccc23)C1.CC1CC1. The number of hydrogen-bond acceptors (Lipinski definition) is 4. The summed E-state index contributed by atoms with van der Waals surface area (Å²) in [7, 11) is 0. The van der Waals surface area contributed by atoms with Crippen LogP contribution in [0.25, 0.3) is 22.3 Å². The predicted octanol–water partition coefficient (Wildman–Crippen LogP) is 7.26. The molecule has 2 aromatic carbocycles. The zero-order valence-electron chi connectivity index (χ0n) is 23.4. The van der Waals surface area contributed by atoms with Crippen LogP contribution >= 0.6 is 0 Å². The van der Waals surface area contributed by atoms with E-state index in [-0.39, 0.29) is 5.91 Å². The summed E-state index contributed by atoms with van der Waals surface area (Å²) in [5.41, 5.74) is 4.41. The summed E-state index contributed by atoms with van der Waals surface area (Å²) in [5, 5.41) is 4.04. The van der Waals surface area contributed by atoms with Gasteiger partial charge in [0.1, 0.15) is 5.82 Å². The van der Waals surface area contributed by atoms with Gasteiger partial charge in [-0.15, -0.1) is 6.58 Å². The topological polar surface area (TPSA) is 58.1 Å². The number of nitrogens with one attached hydrogen (secondary N) is 1. The van der Waals surface area contributed by atoms with E-state index < -0.39 is 0 Å².